The van der Waals surface area contributed by atoms with E-state index in [2.05, 4.69) is 10.3 Å². The monoisotopic (exact) mass is 392 g/mol. The molecule has 1 fully saturated rings. The highest BCUT2D eigenvalue weighted by atomic mass is 35.5. The predicted molar refractivity (Wildman–Crippen MR) is 88.5 cm³/mol. The van der Waals surface area contributed by atoms with Crippen molar-refractivity contribution in [1.29, 1.82) is 0 Å². The lowest BCUT2D eigenvalue weighted by atomic mass is 10.1. The molecule has 1 unspecified atom stereocenters. The summed E-state index contributed by atoms with van der Waals surface area (Å²) >= 11 is 0. The van der Waals surface area contributed by atoms with Gasteiger partial charge in [0, 0.05) is 44.6 Å². The quantitative estimate of drug-likeness (QED) is 0.800. The maximum absolute atomic E-state index is 13.6. The molecule has 0 bridgehead atoms. The summed E-state index contributed by atoms with van der Waals surface area (Å²) in [6.45, 7) is 1.19. The Morgan fingerprint density at radius 1 is 1.31 bits per heavy atom. The van der Waals surface area contributed by atoms with E-state index in [1.165, 1.54) is 4.90 Å². The first-order valence-electron chi connectivity index (χ1n) is 7.64. The number of carbonyl (C=O) groups excluding carboxylic acids is 1. The second-order valence-corrected chi connectivity index (χ2v) is 5.84. The van der Waals surface area contributed by atoms with Gasteiger partial charge in [0.1, 0.15) is 17.7 Å². The summed E-state index contributed by atoms with van der Waals surface area (Å²) in [7, 11) is 1.77. The first-order valence-corrected chi connectivity index (χ1v) is 7.64. The van der Waals surface area contributed by atoms with Gasteiger partial charge in [-0.3, -0.25) is 4.79 Å². The molecule has 5 nitrogen and oxygen atoms in total. The smallest absolute Gasteiger partial charge is 0.336 e. The van der Waals surface area contributed by atoms with Gasteiger partial charge in [-0.15, -0.1) is 12.4 Å². The zero-order valence-electron chi connectivity index (χ0n) is 13.8. The van der Waals surface area contributed by atoms with Gasteiger partial charge in [-0.2, -0.15) is 13.2 Å². The first kappa shape index (κ1) is 20.2. The van der Waals surface area contributed by atoms with Crippen molar-refractivity contribution in [2.45, 2.75) is 12.2 Å². The molecule has 1 aromatic heterocycles. The van der Waals surface area contributed by atoms with E-state index in [4.69, 9.17) is 0 Å². The Hall–Kier alpha value is -2.13. The number of hydrogen-bond donors (Lipinski definition) is 1. The summed E-state index contributed by atoms with van der Waals surface area (Å²) in [6, 6.07) is 1.45. The van der Waals surface area contributed by atoms with Crippen LogP contribution in [-0.2, 0) is 13.2 Å². The molecule has 3 rings (SSSR count). The van der Waals surface area contributed by atoms with Crippen LogP contribution in [0.25, 0.3) is 0 Å². The summed E-state index contributed by atoms with van der Waals surface area (Å²) < 4.78 is 54.0. The molecule has 1 amide bonds. The van der Waals surface area contributed by atoms with E-state index < -0.39 is 29.5 Å². The maximum atomic E-state index is 13.6. The Kier molecular flexibility index (Phi) is 5.92. The number of aryl methyl sites for hydroxylation is 1. The average Bonchev–Trinajstić information content (AvgIpc) is 2.98. The van der Waals surface area contributed by atoms with Crippen molar-refractivity contribution in [2.24, 2.45) is 7.05 Å². The van der Waals surface area contributed by atoms with E-state index in [-0.39, 0.29) is 24.5 Å². The third kappa shape index (κ3) is 3.99. The number of halogens is 5. The molecular weight excluding hydrogens is 376 g/mol. The van der Waals surface area contributed by atoms with E-state index in [1.54, 1.807) is 24.0 Å². The van der Waals surface area contributed by atoms with Crippen molar-refractivity contribution in [2.75, 3.05) is 19.6 Å². The maximum Gasteiger partial charge on any atom is 0.416 e. The number of nitrogens with zero attached hydrogens (tertiary/aromatic N) is 3. The third-order valence-electron chi connectivity index (χ3n) is 4.13. The SMILES string of the molecule is Cl.Cn1ccnc1C1CNCCN1C(=O)c1cc(F)cc(C(F)(F)F)c1. The number of alkyl halides is 3. The largest absolute Gasteiger partial charge is 0.416 e. The highest BCUT2D eigenvalue weighted by Crippen LogP contribution is 2.31. The van der Waals surface area contributed by atoms with Gasteiger partial charge in [0.25, 0.3) is 5.91 Å². The Bertz CT molecular complexity index is 793. The molecule has 0 radical (unpaired) electrons. The zero-order valence-corrected chi connectivity index (χ0v) is 14.6. The van der Waals surface area contributed by atoms with Crippen LogP contribution >= 0.6 is 12.4 Å². The number of nitrogens with one attached hydrogen (secondary N) is 1. The normalized spacial score (nSPS) is 17.7. The minimum absolute atomic E-state index is 0. The molecule has 2 aromatic rings. The molecule has 2 heterocycles. The first-order chi connectivity index (χ1) is 11.8. The second kappa shape index (κ2) is 7.63. The molecule has 142 valence electrons. The van der Waals surface area contributed by atoms with E-state index in [1.807, 2.05) is 0 Å². The molecular formula is C16H17ClF4N4O. The van der Waals surface area contributed by atoms with Crippen molar-refractivity contribution in [3.05, 3.63) is 53.4 Å². The molecule has 10 heteroatoms. The molecule has 1 atom stereocenters. The van der Waals surface area contributed by atoms with Gasteiger partial charge in [0.15, 0.2) is 0 Å². The number of rotatable bonds is 2. The van der Waals surface area contributed by atoms with Crippen LogP contribution in [0.4, 0.5) is 17.6 Å². The third-order valence-corrected chi connectivity index (χ3v) is 4.13. The topological polar surface area (TPSA) is 50.2 Å². The van der Waals surface area contributed by atoms with Crippen molar-refractivity contribution in [3.8, 4) is 0 Å². The van der Waals surface area contributed by atoms with Crippen molar-refractivity contribution in [3.63, 3.8) is 0 Å². The van der Waals surface area contributed by atoms with Crippen LogP contribution in [0.2, 0.25) is 0 Å². The van der Waals surface area contributed by atoms with Crippen LogP contribution < -0.4 is 5.32 Å². The van der Waals surface area contributed by atoms with Gasteiger partial charge in [-0.25, -0.2) is 9.37 Å². The highest BCUT2D eigenvalue weighted by molar-refractivity contribution is 5.94. The molecule has 1 N–H and O–H groups in total. The lowest BCUT2D eigenvalue weighted by molar-refractivity contribution is -0.137. The molecule has 0 spiro atoms. The Morgan fingerprint density at radius 3 is 2.65 bits per heavy atom. The molecule has 1 aliphatic rings. The van der Waals surface area contributed by atoms with Gasteiger partial charge in [0.05, 0.1) is 5.56 Å². The summed E-state index contributed by atoms with van der Waals surface area (Å²) in [4.78, 5) is 18.4. The summed E-state index contributed by atoms with van der Waals surface area (Å²) in [5, 5.41) is 3.13. The van der Waals surface area contributed by atoms with Crippen molar-refractivity contribution < 1.29 is 22.4 Å². The predicted octanol–water partition coefficient (Wildman–Crippen LogP) is 2.79. The van der Waals surface area contributed by atoms with E-state index >= 15 is 0 Å². The summed E-state index contributed by atoms with van der Waals surface area (Å²) in [6.07, 6.45) is -1.42. The van der Waals surface area contributed by atoms with Crippen LogP contribution in [0.15, 0.2) is 30.6 Å². The Balaban J connectivity index is 0.00000243. The van der Waals surface area contributed by atoms with Gasteiger partial charge in [-0.1, -0.05) is 0 Å². The fourth-order valence-electron chi connectivity index (χ4n) is 2.92. The molecule has 26 heavy (non-hydrogen) atoms. The lowest BCUT2D eigenvalue weighted by Crippen LogP contribution is -2.49. The summed E-state index contributed by atoms with van der Waals surface area (Å²) in [5.74, 6) is -1.14. The lowest BCUT2D eigenvalue weighted by Gasteiger charge is -2.36. The number of carbonyl (C=O) groups is 1. The van der Waals surface area contributed by atoms with Crippen LogP contribution in [-0.4, -0.2) is 40.0 Å². The van der Waals surface area contributed by atoms with Crippen LogP contribution in [0, 0.1) is 5.82 Å². The van der Waals surface area contributed by atoms with Crippen molar-refractivity contribution in [1.82, 2.24) is 19.8 Å². The molecule has 1 aromatic carbocycles. The summed E-state index contributed by atoms with van der Waals surface area (Å²) in [5.41, 5.74) is -1.51. The zero-order chi connectivity index (χ0) is 18.2. The Labute approximate surface area is 153 Å². The van der Waals surface area contributed by atoms with E-state index in [9.17, 15) is 22.4 Å². The number of hydrogen-bond acceptors (Lipinski definition) is 3. The minimum atomic E-state index is -4.72. The van der Waals surface area contributed by atoms with Crippen LogP contribution in [0.3, 0.4) is 0 Å². The molecule has 1 aliphatic heterocycles. The number of benzene rings is 1. The number of aromatic nitrogens is 2. The molecule has 0 aliphatic carbocycles. The fraction of sp³-hybridized carbons (Fsp3) is 0.375. The number of amides is 1. The average molecular weight is 393 g/mol. The molecule has 1 saturated heterocycles. The minimum Gasteiger partial charge on any atom is -0.336 e. The van der Waals surface area contributed by atoms with Gasteiger partial charge < -0.3 is 14.8 Å². The molecule has 0 saturated carbocycles. The van der Waals surface area contributed by atoms with Gasteiger partial charge in [-0.05, 0) is 18.2 Å². The highest BCUT2D eigenvalue weighted by Gasteiger charge is 2.35. The standard InChI is InChI=1S/C16H16F4N4O.ClH/c1-23-4-3-22-14(23)13-9-21-2-5-24(13)15(25)10-6-11(16(18,19)20)8-12(17)7-10;/h3-4,6-8,13,21H,2,5,9H2,1H3;1H. The van der Waals surface area contributed by atoms with Gasteiger partial charge in [0.2, 0.25) is 0 Å². The van der Waals surface area contributed by atoms with Crippen LogP contribution in [0.5, 0.6) is 0 Å². The van der Waals surface area contributed by atoms with Crippen molar-refractivity contribution >= 4 is 18.3 Å². The van der Waals surface area contributed by atoms with E-state index in [0.29, 0.717) is 31.0 Å². The van der Waals surface area contributed by atoms with Gasteiger partial charge >= 0.3 is 6.18 Å². The van der Waals surface area contributed by atoms with Crippen LogP contribution in [0.1, 0.15) is 27.8 Å². The number of imidazole rings is 1. The number of piperazine rings is 1. The Morgan fingerprint density at radius 2 is 2.04 bits per heavy atom. The fourth-order valence-corrected chi connectivity index (χ4v) is 2.92. The van der Waals surface area contributed by atoms with E-state index in [0.717, 1.165) is 6.07 Å². The second-order valence-electron chi connectivity index (χ2n) is 5.84.